The first-order valence-electron chi connectivity index (χ1n) is 9.01. The number of rotatable bonds is 8. The Kier molecular flexibility index (Phi) is 7.10. The van der Waals surface area contributed by atoms with Crippen LogP contribution in [0.1, 0.15) is 38.2 Å². The largest absolute Gasteiger partial charge is 0.451 e. The van der Waals surface area contributed by atoms with Crippen molar-refractivity contribution in [3.8, 4) is 5.69 Å². The molecule has 0 spiro atoms. The zero-order valence-corrected chi connectivity index (χ0v) is 16.2. The maximum Gasteiger partial charge on any atom is 0.357 e. The van der Waals surface area contributed by atoms with Crippen LogP contribution in [0.4, 0.5) is 4.39 Å². The highest BCUT2D eigenvalue weighted by Gasteiger charge is 2.20. The quantitative estimate of drug-likeness (QED) is 0.664. The van der Waals surface area contributed by atoms with Crippen molar-refractivity contribution in [2.75, 3.05) is 19.7 Å². The molecule has 1 aromatic carbocycles. The third-order valence-corrected chi connectivity index (χ3v) is 3.80. The molecule has 146 valence electrons. The number of nitrogens with zero attached hydrogens (tertiary/aromatic N) is 3. The Morgan fingerprint density at radius 2 is 1.70 bits per heavy atom. The molecule has 2 rings (SSSR count). The van der Waals surface area contributed by atoms with Crippen LogP contribution in [-0.4, -0.2) is 46.0 Å². The van der Waals surface area contributed by atoms with Gasteiger partial charge in [-0.25, -0.2) is 14.2 Å². The zero-order valence-electron chi connectivity index (χ0n) is 16.2. The van der Waals surface area contributed by atoms with Gasteiger partial charge in [-0.1, -0.05) is 27.7 Å². The average molecular weight is 375 g/mol. The minimum atomic E-state index is -0.654. The van der Waals surface area contributed by atoms with Crippen molar-refractivity contribution < 1.29 is 18.7 Å². The molecule has 0 atom stereocenters. The summed E-state index contributed by atoms with van der Waals surface area (Å²) in [5.74, 6) is -0.603. The number of hydrogen-bond acceptors (Lipinski definition) is 4. The van der Waals surface area contributed by atoms with Gasteiger partial charge in [-0.3, -0.25) is 9.36 Å². The van der Waals surface area contributed by atoms with Crippen LogP contribution < -0.4 is 0 Å². The van der Waals surface area contributed by atoms with Crippen molar-refractivity contribution in [2.24, 2.45) is 11.8 Å². The van der Waals surface area contributed by atoms with Gasteiger partial charge in [0.2, 0.25) is 0 Å². The fraction of sp³-hybridized carbons (Fsp3) is 0.450. The number of halogens is 1. The van der Waals surface area contributed by atoms with Crippen LogP contribution in [-0.2, 0) is 9.53 Å². The highest BCUT2D eigenvalue weighted by atomic mass is 19.1. The second-order valence-electron chi connectivity index (χ2n) is 7.29. The highest BCUT2D eigenvalue weighted by Crippen LogP contribution is 2.13. The first-order chi connectivity index (χ1) is 12.8. The van der Waals surface area contributed by atoms with E-state index in [2.05, 4.69) is 4.98 Å². The van der Waals surface area contributed by atoms with E-state index in [1.54, 1.807) is 4.90 Å². The number of hydrogen-bond donors (Lipinski definition) is 0. The predicted molar refractivity (Wildman–Crippen MR) is 100 cm³/mol. The summed E-state index contributed by atoms with van der Waals surface area (Å²) in [6, 6.07) is 5.66. The molecule has 27 heavy (non-hydrogen) atoms. The third kappa shape index (κ3) is 5.91. The van der Waals surface area contributed by atoms with E-state index in [1.807, 2.05) is 27.7 Å². The molecule has 0 fully saturated rings. The van der Waals surface area contributed by atoms with Gasteiger partial charge in [-0.15, -0.1) is 0 Å². The summed E-state index contributed by atoms with van der Waals surface area (Å²) in [6.45, 7) is 9.04. The first kappa shape index (κ1) is 20.6. The molecule has 0 radical (unpaired) electrons. The second kappa shape index (κ2) is 9.30. The molecule has 0 saturated carbocycles. The second-order valence-corrected chi connectivity index (χ2v) is 7.29. The number of imidazole rings is 1. The van der Waals surface area contributed by atoms with Crippen molar-refractivity contribution in [3.05, 3.63) is 48.3 Å². The number of esters is 1. The molecule has 0 aliphatic rings. The smallest absolute Gasteiger partial charge is 0.357 e. The fourth-order valence-electron chi connectivity index (χ4n) is 2.71. The molecule has 0 aliphatic carbocycles. The Morgan fingerprint density at radius 1 is 1.11 bits per heavy atom. The van der Waals surface area contributed by atoms with E-state index < -0.39 is 5.97 Å². The number of benzene rings is 1. The van der Waals surface area contributed by atoms with Gasteiger partial charge in [-0.2, -0.15) is 0 Å². The Hall–Kier alpha value is -2.70. The Labute approximate surface area is 159 Å². The monoisotopic (exact) mass is 375 g/mol. The molecule has 1 heterocycles. The average Bonchev–Trinajstić information content (AvgIpc) is 3.08. The fourth-order valence-corrected chi connectivity index (χ4v) is 2.71. The highest BCUT2D eigenvalue weighted by molar-refractivity contribution is 5.90. The summed E-state index contributed by atoms with van der Waals surface area (Å²) in [6.07, 6.45) is 2.80. The maximum absolute atomic E-state index is 13.1. The van der Waals surface area contributed by atoms with Gasteiger partial charge in [-0.05, 0) is 36.1 Å². The van der Waals surface area contributed by atoms with Gasteiger partial charge in [0.15, 0.2) is 12.3 Å². The maximum atomic E-state index is 13.1. The summed E-state index contributed by atoms with van der Waals surface area (Å²) < 4.78 is 19.8. The number of carbonyl (C=O) groups is 2. The first-order valence-corrected chi connectivity index (χ1v) is 9.01. The SMILES string of the molecule is CC(C)CN(CC(C)C)C(=O)COC(=O)c1cncn1-c1ccc(F)cc1. The van der Waals surface area contributed by atoms with Gasteiger partial charge in [0.1, 0.15) is 5.82 Å². The molecule has 6 nitrogen and oxygen atoms in total. The lowest BCUT2D eigenvalue weighted by Gasteiger charge is -2.26. The normalized spacial score (nSPS) is 11.1. The van der Waals surface area contributed by atoms with E-state index in [0.717, 1.165) is 0 Å². The predicted octanol–water partition coefficient (Wildman–Crippen LogP) is 3.31. The van der Waals surface area contributed by atoms with Crippen LogP contribution in [0.15, 0.2) is 36.8 Å². The Balaban J connectivity index is 2.04. The van der Waals surface area contributed by atoms with E-state index in [1.165, 1.54) is 41.4 Å². The molecule has 7 heteroatoms. The molecule has 1 aromatic heterocycles. The Bertz CT molecular complexity index is 759. The van der Waals surface area contributed by atoms with Crippen molar-refractivity contribution in [1.29, 1.82) is 0 Å². The van der Waals surface area contributed by atoms with Gasteiger partial charge >= 0.3 is 5.97 Å². The lowest BCUT2D eigenvalue weighted by Crippen LogP contribution is -2.39. The molecule has 0 N–H and O–H groups in total. The minimum Gasteiger partial charge on any atom is -0.451 e. The molecular weight excluding hydrogens is 349 g/mol. The summed E-state index contributed by atoms with van der Waals surface area (Å²) in [4.78, 5) is 30.6. The van der Waals surface area contributed by atoms with Gasteiger partial charge in [0.05, 0.1) is 12.5 Å². The van der Waals surface area contributed by atoms with Crippen LogP contribution in [0.2, 0.25) is 0 Å². The summed E-state index contributed by atoms with van der Waals surface area (Å²) in [7, 11) is 0. The van der Waals surface area contributed by atoms with Gasteiger partial charge < -0.3 is 9.64 Å². The summed E-state index contributed by atoms with van der Waals surface area (Å²) >= 11 is 0. The van der Waals surface area contributed by atoms with E-state index >= 15 is 0 Å². The Morgan fingerprint density at radius 3 is 2.26 bits per heavy atom. The van der Waals surface area contributed by atoms with E-state index in [-0.39, 0.29) is 24.0 Å². The van der Waals surface area contributed by atoms with Crippen molar-refractivity contribution >= 4 is 11.9 Å². The number of carbonyl (C=O) groups excluding carboxylic acids is 2. The molecule has 2 aromatic rings. The molecule has 0 bridgehead atoms. The molecule has 0 aliphatic heterocycles. The number of amides is 1. The third-order valence-electron chi connectivity index (χ3n) is 3.80. The molecule has 0 unspecified atom stereocenters. The van der Waals surface area contributed by atoms with E-state index in [9.17, 15) is 14.0 Å². The van der Waals surface area contributed by atoms with Crippen molar-refractivity contribution in [1.82, 2.24) is 14.5 Å². The standard InChI is InChI=1S/C20H26FN3O3/c1-14(2)10-23(11-15(3)4)19(25)12-27-20(26)18-9-22-13-24(18)17-7-5-16(21)6-8-17/h5-9,13-15H,10-12H2,1-4H3. The molecule has 0 saturated heterocycles. The van der Waals surface area contributed by atoms with Crippen molar-refractivity contribution in [2.45, 2.75) is 27.7 Å². The lowest BCUT2D eigenvalue weighted by molar-refractivity contribution is -0.135. The van der Waals surface area contributed by atoms with Crippen LogP contribution in [0.5, 0.6) is 0 Å². The lowest BCUT2D eigenvalue weighted by atomic mass is 10.1. The molecule has 1 amide bonds. The van der Waals surface area contributed by atoms with E-state index in [0.29, 0.717) is 30.6 Å². The van der Waals surface area contributed by atoms with Gasteiger partial charge in [0, 0.05) is 18.8 Å². The minimum absolute atomic E-state index is 0.175. The van der Waals surface area contributed by atoms with Crippen molar-refractivity contribution in [3.63, 3.8) is 0 Å². The van der Waals surface area contributed by atoms with Gasteiger partial charge in [0.25, 0.3) is 5.91 Å². The topological polar surface area (TPSA) is 64.4 Å². The molecular formula is C20H26FN3O3. The van der Waals surface area contributed by atoms with Crippen LogP contribution in [0, 0.1) is 17.7 Å². The van der Waals surface area contributed by atoms with Crippen LogP contribution in [0.25, 0.3) is 5.69 Å². The van der Waals surface area contributed by atoms with Crippen LogP contribution >= 0.6 is 0 Å². The number of ether oxygens (including phenoxy) is 1. The number of aromatic nitrogens is 2. The summed E-state index contributed by atoms with van der Waals surface area (Å²) in [5, 5.41) is 0. The zero-order chi connectivity index (χ0) is 20.0. The summed E-state index contributed by atoms with van der Waals surface area (Å²) in [5.41, 5.74) is 0.752. The van der Waals surface area contributed by atoms with E-state index in [4.69, 9.17) is 4.74 Å². The van der Waals surface area contributed by atoms with Crippen LogP contribution in [0.3, 0.4) is 0 Å².